The van der Waals surface area contributed by atoms with Crippen LogP contribution in [0.2, 0.25) is 0 Å². The lowest BCUT2D eigenvalue weighted by Gasteiger charge is -2.23. The number of carbonyl (C=O) groups is 1. The molecule has 136 valence electrons. The zero-order chi connectivity index (χ0) is 17.8. The van der Waals surface area contributed by atoms with E-state index in [0.29, 0.717) is 6.42 Å². The van der Waals surface area contributed by atoms with Crippen molar-refractivity contribution in [3.63, 3.8) is 0 Å². The number of hydrogen-bond donors (Lipinski definition) is 0. The zero-order valence-corrected chi connectivity index (χ0v) is 15.0. The first-order chi connectivity index (χ1) is 12.8. The summed E-state index contributed by atoms with van der Waals surface area (Å²) in [5, 5.41) is 8.61. The van der Waals surface area contributed by atoms with Gasteiger partial charge < -0.3 is 9.47 Å². The molecular formula is C20H25N5O. The van der Waals surface area contributed by atoms with E-state index in [1.165, 1.54) is 0 Å². The van der Waals surface area contributed by atoms with E-state index in [1.54, 1.807) is 0 Å². The van der Waals surface area contributed by atoms with Crippen molar-refractivity contribution in [1.29, 1.82) is 0 Å². The average Bonchev–Trinajstić information content (AvgIpc) is 3.40. The number of aryl methyl sites for hydroxylation is 1. The number of pyridine rings is 1. The molecule has 6 nitrogen and oxygen atoms in total. The Morgan fingerprint density at radius 1 is 1.04 bits per heavy atom. The maximum atomic E-state index is 12.7. The van der Waals surface area contributed by atoms with Crippen molar-refractivity contribution in [2.24, 2.45) is 0 Å². The molecule has 26 heavy (non-hydrogen) atoms. The molecule has 0 spiro atoms. The van der Waals surface area contributed by atoms with Gasteiger partial charge in [0.15, 0.2) is 11.5 Å². The standard InChI is InChI=1S/C20H25N5O/c26-19(11-2-1-4-12-23-13-6-7-14-23)24-16-8-9-17(24)20-22-21-18-10-3-5-15-25(18)20/h3,5-7,10,13-15,17H,1-2,4,8-9,11-12,16H2/t17-/m0/s1. The van der Waals surface area contributed by atoms with Crippen molar-refractivity contribution in [1.82, 2.24) is 24.1 Å². The minimum absolute atomic E-state index is 0.0553. The highest BCUT2D eigenvalue weighted by Gasteiger charge is 2.32. The molecule has 0 bridgehead atoms. The molecule has 0 unspecified atom stereocenters. The fourth-order valence-corrected chi connectivity index (χ4v) is 3.83. The van der Waals surface area contributed by atoms with E-state index in [2.05, 4.69) is 27.2 Å². The quantitative estimate of drug-likeness (QED) is 0.613. The second-order valence-electron chi connectivity index (χ2n) is 6.96. The van der Waals surface area contributed by atoms with Crippen molar-refractivity contribution in [2.45, 2.75) is 51.1 Å². The van der Waals surface area contributed by atoms with Crippen LogP contribution >= 0.6 is 0 Å². The van der Waals surface area contributed by atoms with Gasteiger partial charge in [-0.3, -0.25) is 9.20 Å². The van der Waals surface area contributed by atoms with Gasteiger partial charge in [0.05, 0.1) is 6.04 Å². The molecule has 0 radical (unpaired) electrons. The average molecular weight is 351 g/mol. The molecule has 4 rings (SSSR count). The first-order valence-corrected chi connectivity index (χ1v) is 9.53. The Morgan fingerprint density at radius 2 is 1.88 bits per heavy atom. The number of aromatic nitrogens is 4. The van der Waals surface area contributed by atoms with Gasteiger partial charge in [-0.1, -0.05) is 12.5 Å². The molecule has 4 heterocycles. The van der Waals surface area contributed by atoms with Crippen LogP contribution in [0.5, 0.6) is 0 Å². The molecule has 1 amide bonds. The number of hydrogen-bond acceptors (Lipinski definition) is 3. The summed E-state index contributed by atoms with van der Waals surface area (Å²) >= 11 is 0. The maximum Gasteiger partial charge on any atom is 0.223 e. The number of carbonyl (C=O) groups excluding carboxylic acids is 1. The molecule has 6 heteroatoms. The number of nitrogens with zero attached hydrogens (tertiary/aromatic N) is 5. The molecule has 1 aliphatic rings. The van der Waals surface area contributed by atoms with Crippen LogP contribution in [0.3, 0.4) is 0 Å². The summed E-state index contributed by atoms with van der Waals surface area (Å²) in [4.78, 5) is 14.8. The van der Waals surface area contributed by atoms with Gasteiger partial charge in [-0.25, -0.2) is 0 Å². The van der Waals surface area contributed by atoms with Gasteiger partial charge in [-0.2, -0.15) is 0 Å². The van der Waals surface area contributed by atoms with Crippen LogP contribution in [0.25, 0.3) is 5.65 Å². The summed E-state index contributed by atoms with van der Waals surface area (Å²) in [6.45, 7) is 1.86. The molecule has 0 saturated carbocycles. The smallest absolute Gasteiger partial charge is 0.223 e. The van der Waals surface area contributed by atoms with E-state index in [-0.39, 0.29) is 11.9 Å². The third-order valence-electron chi connectivity index (χ3n) is 5.18. The van der Waals surface area contributed by atoms with E-state index in [9.17, 15) is 4.79 Å². The van der Waals surface area contributed by atoms with Crippen molar-refractivity contribution in [3.05, 3.63) is 54.7 Å². The molecule has 0 aliphatic carbocycles. The van der Waals surface area contributed by atoms with Crippen molar-refractivity contribution in [3.8, 4) is 0 Å². The Bertz CT molecular complexity index is 854. The summed E-state index contributed by atoms with van der Waals surface area (Å²) in [6, 6.07) is 10.0. The zero-order valence-electron chi connectivity index (χ0n) is 15.0. The number of fused-ring (bicyclic) bond motifs is 1. The Hall–Kier alpha value is -2.63. The highest BCUT2D eigenvalue weighted by atomic mass is 16.2. The first-order valence-electron chi connectivity index (χ1n) is 9.53. The monoisotopic (exact) mass is 351 g/mol. The van der Waals surface area contributed by atoms with Gasteiger partial charge in [0.25, 0.3) is 0 Å². The van der Waals surface area contributed by atoms with Crippen molar-refractivity contribution in [2.75, 3.05) is 6.54 Å². The lowest BCUT2D eigenvalue weighted by molar-refractivity contribution is -0.132. The van der Waals surface area contributed by atoms with Crippen LogP contribution in [0.15, 0.2) is 48.9 Å². The van der Waals surface area contributed by atoms with Gasteiger partial charge >= 0.3 is 0 Å². The van der Waals surface area contributed by atoms with Gasteiger partial charge in [0.2, 0.25) is 5.91 Å². The third-order valence-corrected chi connectivity index (χ3v) is 5.18. The SMILES string of the molecule is O=C(CCCCCn1cccc1)N1CCC[C@H]1c1nnc2ccccn12. The summed E-state index contributed by atoms with van der Waals surface area (Å²) in [7, 11) is 0. The van der Waals surface area contributed by atoms with E-state index < -0.39 is 0 Å². The number of amides is 1. The minimum atomic E-state index is 0.0553. The second kappa shape index (κ2) is 7.72. The Balaban J connectivity index is 1.32. The highest BCUT2D eigenvalue weighted by molar-refractivity contribution is 5.76. The van der Waals surface area contributed by atoms with Gasteiger partial charge in [0.1, 0.15) is 0 Å². The lowest BCUT2D eigenvalue weighted by Crippen LogP contribution is -2.31. The van der Waals surface area contributed by atoms with Crippen LogP contribution in [0.1, 0.15) is 50.4 Å². The predicted octanol–water partition coefficient (Wildman–Crippen LogP) is 3.45. The van der Waals surface area contributed by atoms with Gasteiger partial charge in [-0.05, 0) is 49.9 Å². The molecule has 0 N–H and O–H groups in total. The fourth-order valence-electron chi connectivity index (χ4n) is 3.83. The highest BCUT2D eigenvalue weighted by Crippen LogP contribution is 2.31. The molecule has 0 aromatic carbocycles. The topological polar surface area (TPSA) is 55.4 Å². The summed E-state index contributed by atoms with van der Waals surface area (Å²) in [5.74, 6) is 1.14. The van der Waals surface area contributed by atoms with Crippen molar-refractivity contribution >= 4 is 11.6 Å². The number of unbranched alkanes of at least 4 members (excludes halogenated alkanes) is 2. The van der Waals surface area contributed by atoms with Gasteiger partial charge in [-0.15, -0.1) is 10.2 Å². The molecule has 3 aromatic rings. The molecule has 1 atom stereocenters. The van der Waals surface area contributed by atoms with Crippen LogP contribution in [0, 0.1) is 0 Å². The van der Waals surface area contributed by atoms with Crippen LogP contribution in [0.4, 0.5) is 0 Å². The van der Waals surface area contributed by atoms with Gasteiger partial charge in [0, 0.05) is 38.1 Å². The second-order valence-corrected chi connectivity index (χ2v) is 6.96. The van der Waals surface area contributed by atoms with E-state index in [1.807, 2.05) is 45.8 Å². The molecule has 3 aromatic heterocycles. The van der Waals surface area contributed by atoms with Crippen LogP contribution < -0.4 is 0 Å². The van der Waals surface area contributed by atoms with Crippen LogP contribution in [-0.4, -0.2) is 36.5 Å². The molecule has 1 aliphatic heterocycles. The van der Waals surface area contributed by atoms with E-state index in [4.69, 9.17) is 0 Å². The molecule has 1 saturated heterocycles. The van der Waals surface area contributed by atoms with E-state index in [0.717, 1.165) is 56.7 Å². The molecule has 1 fully saturated rings. The normalized spacial score (nSPS) is 17.2. The largest absolute Gasteiger partial charge is 0.354 e. The van der Waals surface area contributed by atoms with E-state index >= 15 is 0 Å². The van der Waals surface area contributed by atoms with Crippen LogP contribution in [-0.2, 0) is 11.3 Å². The maximum absolute atomic E-state index is 12.7. The minimum Gasteiger partial charge on any atom is -0.354 e. The Labute approximate surface area is 153 Å². The summed E-state index contributed by atoms with van der Waals surface area (Å²) in [5.41, 5.74) is 0.840. The number of rotatable bonds is 7. The Kier molecular flexibility index (Phi) is 5.00. The summed E-state index contributed by atoms with van der Waals surface area (Å²) in [6.07, 6.45) is 11.9. The first kappa shape index (κ1) is 16.8. The summed E-state index contributed by atoms with van der Waals surface area (Å²) < 4.78 is 4.20. The lowest BCUT2D eigenvalue weighted by atomic mass is 10.1. The number of likely N-dealkylation sites (tertiary alicyclic amines) is 1. The molecular weight excluding hydrogens is 326 g/mol. The van der Waals surface area contributed by atoms with Crippen molar-refractivity contribution < 1.29 is 4.79 Å². The fraction of sp³-hybridized carbons (Fsp3) is 0.450. The third kappa shape index (κ3) is 3.49. The predicted molar refractivity (Wildman–Crippen MR) is 99.6 cm³/mol. The Morgan fingerprint density at radius 3 is 2.77 bits per heavy atom.